The Morgan fingerprint density at radius 1 is 1.05 bits per heavy atom. The van der Waals surface area contributed by atoms with Crippen molar-refractivity contribution in [2.45, 2.75) is 91.0 Å². The van der Waals surface area contributed by atoms with Crippen LogP contribution in [0.4, 0.5) is 23.7 Å². The van der Waals surface area contributed by atoms with Gasteiger partial charge in [0.25, 0.3) is 0 Å². The minimum Gasteiger partial charge on any atom is -0.496 e. The van der Waals surface area contributed by atoms with E-state index in [-0.39, 0.29) is 24.3 Å². The molecule has 0 saturated heterocycles. The van der Waals surface area contributed by atoms with Crippen LogP contribution < -0.4 is 10.1 Å². The van der Waals surface area contributed by atoms with Crippen molar-refractivity contribution in [1.82, 2.24) is 5.32 Å². The van der Waals surface area contributed by atoms with Crippen molar-refractivity contribution in [2.75, 3.05) is 7.11 Å². The number of Topliss-reactive ketones (excluding diaryl/α,β-unsaturated/α-hetero) is 1. The van der Waals surface area contributed by atoms with Gasteiger partial charge in [-0.25, -0.2) is 4.79 Å². The van der Waals surface area contributed by atoms with Crippen LogP contribution in [0.2, 0.25) is 0 Å². The summed E-state index contributed by atoms with van der Waals surface area (Å²) in [5.74, 6) is 1.54. The second kappa shape index (κ2) is 12.2. The summed E-state index contributed by atoms with van der Waals surface area (Å²) in [6.45, 7) is 7.46. The van der Waals surface area contributed by atoms with Crippen LogP contribution in [0.1, 0.15) is 92.4 Å². The molecule has 0 bridgehead atoms. The molecule has 1 aliphatic carbocycles. The van der Waals surface area contributed by atoms with Crippen molar-refractivity contribution in [1.29, 1.82) is 0 Å². The van der Waals surface area contributed by atoms with Gasteiger partial charge < -0.3 is 14.8 Å². The largest absolute Gasteiger partial charge is 0.496 e. The van der Waals surface area contributed by atoms with Crippen molar-refractivity contribution in [3.63, 3.8) is 0 Å². The first-order valence-corrected chi connectivity index (χ1v) is 14.2. The van der Waals surface area contributed by atoms with Gasteiger partial charge in [-0.05, 0) is 80.3 Å². The zero-order valence-electron chi connectivity index (χ0n) is 24.4. The molecular formula is C32H39F3N2O4. The van der Waals surface area contributed by atoms with E-state index in [0.29, 0.717) is 53.0 Å². The maximum atomic E-state index is 13.9. The third kappa shape index (κ3) is 8.11. The highest BCUT2D eigenvalue weighted by atomic mass is 19.4. The number of halogens is 3. The molecular weight excluding hydrogens is 533 g/mol. The normalized spacial score (nSPS) is 18.9. The molecule has 222 valence electrons. The number of nitrogens with one attached hydrogen (secondary N) is 1. The van der Waals surface area contributed by atoms with E-state index >= 15 is 0 Å². The van der Waals surface area contributed by atoms with Crippen LogP contribution in [0.25, 0.3) is 0 Å². The lowest BCUT2D eigenvalue weighted by molar-refractivity contribution is -0.138. The Morgan fingerprint density at radius 3 is 2.39 bits per heavy atom. The molecule has 41 heavy (non-hydrogen) atoms. The van der Waals surface area contributed by atoms with Gasteiger partial charge in [0.15, 0.2) is 5.78 Å². The molecule has 6 nitrogen and oxygen atoms in total. The van der Waals surface area contributed by atoms with E-state index in [1.165, 1.54) is 19.2 Å². The fraction of sp³-hybridized carbons (Fsp3) is 0.531. The van der Waals surface area contributed by atoms with Crippen molar-refractivity contribution >= 4 is 23.3 Å². The number of alkyl carbamates (subject to hydrolysis) is 1. The third-order valence-corrected chi connectivity index (χ3v) is 7.69. The Labute approximate surface area is 239 Å². The number of aliphatic imine (C=N–C) groups is 1. The quantitative estimate of drug-likeness (QED) is 0.325. The number of methoxy groups -OCH3 is 1. The number of alkyl halides is 3. The van der Waals surface area contributed by atoms with Crippen LogP contribution >= 0.6 is 0 Å². The number of rotatable bonds is 8. The van der Waals surface area contributed by atoms with Gasteiger partial charge in [-0.2, -0.15) is 13.2 Å². The SMILES string of the molecule is COc1cc2c(cc1C(=O)CC1CCC(C)CC1)N=C(Cc1cc(CNC(=O)OC(C)(C)C)ccc1C(F)(F)F)C2. The maximum absolute atomic E-state index is 13.9. The van der Waals surface area contributed by atoms with Crippen LogP contribution in [0.3, 0.4) is 0 Å². The molecule has 2 aromatic carbocycles. The van der Waals surface area contributed by atoms with Gasteiger partial charge in [0.2, 0.25) is 0 Å². The Balaban J connectivity index is 1.52. The molecule has 0 unspecified atom stereocenters. The highest BCUT2D eigenvalue weighted by Gasteiger charge is 2.34. The van der Waals surface area contributed by atoms with Gasteiger partial charge in [-0.15, -0.1) is 0 Å². The minimum atomic E-state index is -4.54. The summed E-state index contributed by atoms with van der Waals surface area (Å²) in [5, 5.41) is 2.59. The molecule has 1 fully saturated rings. The van der Waals surface area contributed by atoms with Crippen LogP contribution in [-0.2, 0) is 30.3 Å². The van der Waals surface area contributed by atoms with E-state index in [0.717, 1.165) is 37.3 Å². The van der Waals surface area contributed by atoms with Gasteiger partial charge in [-0.3, -0.25) is 9.79 Å². The number of amides is 1. The van der Waals surface area contributed by atoms with Crippen LogP contribution in [-0.4, -0.2) is 30.3 Å². The molecule has 0 atom stereocenters. The molecule has 2 aliphatic rings. The van der Waals surface area contributed by atoms with Crippen LogP contribution in [0.5, 0.6) is 5.75 Å². The fourth-order valence-electron chi connectivity index (χ4n) is 5.57. The average molecular weight is 573 g/mol. The number of hydrogen-bond donors (Lipinski definition) is 1. The molecule has 0 spiro atoms. The summed E-state index contributed by atoms with van der Waals surface area (Å²) < 4.78 is 52.4. The van der Waals surface area contributed by atoms with E-state index < -0.39 is 23.4 Å². The van der Waals surface area contributed by atoms with Crippen molar-refractivity contribution in [3.8, 4) is 5.75 Å². The van der Waals surface area contributed by atoms with E-state index in [1.807, 2.05) is 0 Å². The smallest absolute Gasteiger partial charge is 0.416 e. The van der Waals surface area contributed by atoms with Gasteiger partial charge in [0.05, 0.1) is 23.9 Å². The number of hydrogen-bond acceptors (Lipinski definition) is 5. The number of fused-ring (bicyclic) bond motifs is 1. The molecule has 9 heteroatoms. The number of carbonyl (C=O) groups is 2. The Bertz CT molecular complexity index is 1320. The predicted molar refractivity (Wildman–Crippen MR) is 152 cm³/mol. The molecule has 0 radical (unpaired) electrons. The maximum Gasteiger partial charge on any atom is 0.416 e. The number of nitrogens with zero attached hydrogens (tertiary/aromatic N) is 1. The summed E-state index contributed by atoms with van der Waals surface area (Å²) >= 11 is 0. The van der Waals surface area contributed by atoms with Crippen molar-refractivity contribution in [3.05, 3.63) is 58.1 Å². The first-order valence-electron chi connectivity index (χ1n) is 14.2. The lowest BCUT2D eigenvalue weighted by atomic mass is 9.80. The third-order valence-electron chi connectivity index (χ3n) is 7.69. The number of carbonyl (C=O) groups excluding carboxylic acids is 2. The lowest BCUT2D eigenvalue weighted by Gasteiger charge is -2.25. The highest BCUT2D eigenvalue weighted by molar-refractivity contribution is 6.02. The fourth-order valence-corrected chi connectivity index (χ4v) is 5.57. The first kappa shape index (κ1) is 30.6. The van der Waals surface area contributed by atoms with E-state index in [2.05, 4.69) is 17.2 Å². The average Bonchev–Trinajstić information content (AvgIpc) is 3.27. The molecule has 4 rings (SSSR count). The molecule has 2 aromatic rings. The van der Waals surface area contributed by atoms with Gasteiger partial charge >= 0.3 is 12.3 Å². The predicted octanol–water partition coefficient (Wildman–Crippen LogP) is 8.01. The Morgan fingerprint density at radius 2 is 1.76 bits per heavy atom. The zero-order chi connectivity index (χ0) is 29.9. The van der Waals surface area contributed by atoms with Crippen LogP contribution in [0, 0.1) is 11.8 Å². The van der Waals surface area contributed by atoms with E-state index in [9.17, 15) is 22.8 Å². The molecule has 0 aromatic heterocycles. The van der Waals surface area contributed by atoms with Gasteiger partial charge in [0.1, 0.15) is 11.4 Å². The van der Waals surface area contributed by atoms with Crippen molar-refractivity contribution in [2.24, 2.45) is 16.8 Å². The number of ether oxygens (including phenoxy) is 2. The highest BCUT2D eigenvalue weighted by Crippen LogP contribution is 2.38. The van der Waals surface area contributed by atoms with Crippen LogP contribution in [0.15, 0.2) is 35.3 Å². The summed E-state index contributed by atoms with van der Waals surface area (Å²) in [7, 11) is 1.52. The second-order valence-corrected chi connectivity index (χ2v) is 12.3. The number of benzene rings is 2. The van der Waals surface area contributed by atoms with E-state index in [1.54, 1.807) is 32.9 Å². The van der Waals surface area contributed by atoms with E-state index in [4.69, 9.17) is 9.47 Å². The molecule has 1 heterocycles. The lowest BCUT2D eigenvalue weighted by Crippen LogP contribution is -2.32. The molecule has 1 saturated carbocycles. The summed E-state index contributed by atoms with van der Waals surface area (Å²) in [6.07, 6.45) is -0.0565. The molecule has 1 aliphatic heterocycles. The molecule has 1 amide bonds. The Kier molecular flexibility index (Phi) is 9.14. The molecule has 1 N–H and O–H groups in total. The number of ketones is 1. The zero-order valence-corrected chi connectivity index (χ0v) is 24.4. The van der Waals surface area contributed by atoms with Gasteiger partial charge in [0, 0.05) is 31.5 Å². The Hall–Kier alpha value is -3.36. The summed E-state index contributed by atoms with van der Waals surface area (Å²) in [4.78, 5) is 29.9. The summed E-state index contributed by atoms with van der Waals surface area (Å²) in [5.41, 5.74) is 1.61. The van der Waals surface area contributed by atoms with Gasteiger partial charge in [-0.1, -0.05) is 31.9 Å². The van der Waals surface area contributed by atoms with Crippen molar-refractivity contribution < 1.29 is 32.2 Å². The monoisotopic (exact) mass is 572 g/mol. The standard InChI is InChI=1S/C32H39F3N2O4/c1-19-6-8-20(9-7-19)13-28(38)25-17-27-23(16-29(25)40-5)15-24(37-27)14-22-12-21(10-11-26(22)32(33,34)35)18-36-30(39)41-31(2,3)4/h10-12,16-17,19-20H,6-9,13-15,18H2,1-5H3,(H,36,39). The topological polar surface area (TPSA) is 77.0 Å². The minimum absolute atomic E-state index is 0.0115. The first-order chi connectivity index (χ1) is 19.2. The summed E-state index contributed by atoms with van der Waals surface area (Å²) in [6, 6.07) is 7.35. The second-order valence-electron chi connectivity index (χ2n) is 12.3.